The van der Waals surface area contributed by atoms with Gasteiger partial charge in [0, 0.05) is 5.92 Å². The molecular formula is C21H32N4O2. The average Bonchev–Trinajstić information content (AvgIpc) is 3.10. The third-order valence-electron chi connectivity index (χ3n) is 4.48. The number of tetrazole rings is 1. The van der Waals surface area contributed by atoms with Crippen molar-refractivity contribution in [3.8, 4) is 0 Å². The van der Waals surface area contributed by atoms with Gasteiger partial charge in [-0.25, -0.2) is 0 Å². The van der Waals surface area contributed by atoms with Crippen LogP contribution in [0, 0.1) is 11.8 Å². The van der Waals surface area contributed by atoms with Crippen molar-refractivity contribution in [2.45, 2.75) is 71.8 Å². The highest BCUT2D eigenvalue weighted by Gasteiger charge is 2.35. The van der Waals surface area contributed by atoms with Crippen molar-refractivity contribution in [3.63, 3.8) is 0 Å². The van der Waals surface area contributed by atoms with Gasteiger partial charge in [0.05, 0.1) is 5.92 Å². The highest BCUT2D eigenvalue weighted by molar-refractivity contribution is 5.74. The van der Waals surface area contributed by atoms with Gasteiger partial charge >= 0.3 is 5.97 Å². The summed E-state index contributed by atoms with van der Waals surface area (Å²) in [6.07, 6.45) is 3.46. The smallest absolute Gasteiger partial charge is 0.310 e. The number of benzene rings is 1. The Morgan fingerprint density at radius 2 is 1.85 bits per heavy atom. The Balaban J connectivity index is 2.28. The summed E-state index contributed by atoms with van der Waals surface area (Å²) in [5, 5.41) is 14.7. The molecule has 2 rings (SSSR count). The van der Waals surface area contributed by atoms with Crippen LogP contribution in [0.25, 0.3) is 0 Å². The SMILES string of the molecule is CC(C)CCCC(C(=O)OC(C)(C)C)[C@H](Cc1ccccc1)c1nn[nH]n1. The van der Waals surface area contributed by atoms with Crippen molar-refractivity contribution in [1.82, 2.24) is 20.6 Å². The summed E-state index contributed by atoms with van der Waals surface area (Å²) in [6.45, 7) is 10.1. The molecule has 0 aliphatic rings. The Bertz CT molecular complexity index is 678. The van der Waals surface area contributed by atoms with Crippen LogP contribution in [0.3, 0.4) is 0 Å². The zero-order valence-electron chi connectivity index (χ0n) is 17.1. The average molecular weight is 373 g/mol. The molecule has 0 saturated heterocycles. The van der Waals surface area contributed by atoms with Gasteiger partial charge in [-0.15, -0.1) is 10.2 Å². The number of aromatic amines is 1. The first kappa shape index (κ1) is 21.1. The number of rotatable bonds is 9. The van der Waals surface area contributed by atoms with E-state index in [0.717, 1.165) is 24.8 Å². The lowest BCUT2D eigenvalue weighted by Crippen LogP contribution is -2.33. The van der Waals surface area contributed by atoms with Gasteiger partial charge < -0.3 is 4.74 Å². The van der Waals surface area contributed by atoms with E-state index in [1.54, 1.807) is 0 Å². The molecule has 1 N–H and O–H groups in total. The standard InChI is InChI=1S/C21H32N4O2/c1-15(2)10-9-13-17(20(26)27-21(3,4)5)18(19-22-24-25-23-19)14-16-11-7-6-8-12-16/h6-8,11-12,15,17-18H,9-10,13-14H2,1-5H3,(H,22,23,24,25)/t17?,18-/m0/s1. The molecular weight excluding hydrogens is 340 g/mol. The number of H-pyrrole nitrogens is 1. The number of carbonyl (C=O) groups is 1. The van der Waals surface area contributed by atoms with Gasteiger partial charge in [-0.1, -0.05) is 62.2 Å². The molecule has 148 valence electrons. The molecule has 6 nitrogen and oxygen atoms in total. The molecule has 0 radical (unpaired) electrons. The third-order valence-corrected chi connectivity index (χ3v) is 4.48. The number of esters is 1. The van der Waals surface area contributed by atoms with E-state index in [9.17, 15) is 4.79 Å². The number of hydrogen-bond acceptors (Lipinski definition) is 5. The summed E-state index contributed by atoms with van der Waals surface area (Å²) in [6, 6.07) is 10.1. The zero-order chi connectivity index (χ0) is 19.9. The summed E-state index contributed by atoms with van der Waals surface area (Å²) in [4.78, 5) is 13.1. The molecule has 0 bridgehead atoms. The largest absolute Gasteiger partial charge is 0.460 e. The van der Waals surface area contributed by atoms with Crippen LogP contribution < -0.4 is 0 Å². The highest BCUT2D eigenvalue weighted by atomic mass is 16.6. The molecule has 2 aromatic rings. The summed E-state index contributed by atoms with van der Waals surface area (Å²) < 4.78 is 5.75. The van der Waals surface area contributed by atoms with E-state index in [-0.39, 0.29) is 17.8 Å². The normalized spacial score (nSPS) is 14.1. The molecule has 0 spiro atoms. The molecule has 1 aromatic heterocycles. The second-order valence-electron chi connectivity index (χ2n) is 8.53. The minimum atomic E-state index is -0.526. The maximum atomic E-state index is 13.1. The van der Waals surface area contributed by atoms with Crippen molar-refractivity contribution < 1.29 is 9.53 Å². The summed E-state index contributed by atoms with van der Waals surface area (Å²) >= 11 is 0. The molecule has 1 unspecified atom stereocenters. The quantitative estimate of drug-likeness (QED) is 0.663. The van der Waals surface area contributed by atoms with Crippen molar-refractivity contribution in [2.24, 2.45) is 11.8 Å². The van der Waals surface area contributed by atoms with Crippen molar-refractivity contribution in [2.75, 3.05) is 0 Å². The topological polar surface area (TPSA) is 80.8 Å². The number of carbonyl (C=O) groups excluding carboxylic acids is 1. The van der Waals surface area contributed by atoms with E-state index in [0.29, 0.717) is 18.2 Å². The van der Waals surface area contributed by atoms with E-state index >= 15 is 0 Å². The fourth-order valence-electron chi connectivity index (χ4n) is 3.21. The van der Waals surface area contributed by atoms with Crippen molar-refractivity contribution in [3.05, 3.63) is 41.7 Å². The van der Waals surface area contributed by atoms with Crippen LogP contribution >= 0.6 is 0 Å². The second kappa shape index (κ2) is 9.62. The molecule has 0 fully saturated rings. The van der Waals surface area contributed by atoms with Gasteiger partial charge in [-0.3, -0.25) is 4.79 Å². The minimum absolute atomic E-state index is 0.173. The van der Waals surface area contributed by atoms with Gasteiger partial charge in [-0.05, 0) is 45.1 Å². The Hall–Kier alpha value is -2.24. The first-order valence-electron chi connectivity index (χ1n) is 9.76. The number of hydrogen-bond donors (Lipinski definition) is 1. The van der Waals surface area contributed by atoms with Crippen LogP contribution in [0.2, 0.25) is 0 Å². The zero-order valence-corrected chi connectivity index (χ0v) is 17.1. The van der Waals surface area contributed by atoms with Gasteiger partial charge in [0.1, 0.15) is 5.60 Å². The molecule has 6 heteroatoms. The van der Waals surface area contributed by atoms with Gasteiger partial charge in [0.15, 0.2) is 5.82 Å². The van der Waals surface area contributed by atoms with Crippen LogP contribution in [-0.2, 0) is 16.0 Å². The molecule has 27 heavy (non-hydrogen) atoms. The molecule has 0 saturated carbocycles. The molecule has 1 aromatic carbocycles. The molecule has 0 aliphatic carbocycles. The minimum Gasteiger partial charge on any atom is -0.460 e. The molecule has 0 amide bonds. The van der Waals surface area contributed by atoms with Crippen LogP contribution in [0.5, 0.6) is 0 Å². The van der Waals surface area contributed by atoms with Gasteiger partial charge in [-0.2, -0.15) is 5.21 Å². The maximum Gasteiger partial charge on any atom is 0.310 e. The lowest BCUT2D eigenvalue weighted by atomic mass is 9.82. The van der Waals surface area contributed by atoms with Crippen LogP contribution in [-0.4, -0.2) is 32.2 Å². The van der Waals surface area contributed by atoms with Gasteiger partial charge in [0.2, 0.25) is 0 Å². The van der Waals surface area contributed by atoms with Gasteiger partial charge in [0.25, 0.3) is 0 Å². The maximum absolute atomic E-state index is 13.1. The van der Waals surface area contributed by atoms with Crippen LogP contribution in [0.15, 0.2) is 30.3 Å². The first-order chi connectivity index (χ1) is 12.8. The second-order valence-corrected chi connectivity index (χ2v) is 8.53. The van der Waals surface area contributed by atoms with Crippen LogP contribution in [0.4, 0.5) is 0 Å². The molecule has 1 heterocycles. The van der Waals surface area contributed by atoms with E-state index in [2.05, 4.69) is 46.6 Å². The van der Waals surface area contributed by atoms with Crippen molar-refractivity contribution >= 4 is 5.97 Å². The Morgan fingerprint density at radius 3 is 2.41 bits per heavy atom. The molecule has 0 aliphatic heterocycles. The molecule has 2 atom stereocenters. The first-order valence-corrected chi connectivity index (χ1v) is 9.76. The van der Waals surface area contributed by atoms with Crippen LogP contribution in [0.1, 0.15) is 71.2 Å². The fourth-order valence-corrected chi connectivity index (χ4v) is 3.21. The van der Waals surface area contributed by atoms with E-state index in [1.165, 1.54) is 0 Å². The van der Waals surface area contributed by atoms with E-state index < -0.39 is 5.60 Å². The Kier molecular flexibility index (Phi) is 7.51. The predicted molar refractivity (Wildman–Crippen MR) is 105 cm³/mol. The summed E-state index contributed by atoms with van der Waals surface area (Å²) in [7, 11) is 0. The summed E-state index contributed by atoms with van der Waals surface area (Å²) in [5.41, 5.74) is 0.617. The third kappa shape index (κ3) is 7.12. The highest BCUT2D eigenvalue weighted by Crippen LogP contribution is 2.32. The Morgan fingerprint density at radius 1 is 1.15 bits per heavy atom. The Labute approximate surface area is 162 Å². The predicted octanol–water partition coefficient (Wildman–Crippen LogP) is 4.31. The monoisotopic (exact) mass is 372 g/mol. The van der Waals surface area contributed by atoms with Crippen molar-refractivity contribution in [1.29, 1.82) is 0 Å². The van der Waals surface area contributed by atoms with E-state index in [1.807, 2.05) is 39.0 Å². The fraction of sp³-hybridized carbons (Fsp3) is 0.619. The summed E-state index contributed by atoms with van der Waals surface area (Å²) in [5.74, 6) is 0.507. The lowest BCUT2D eigenvalue weighted by Gasteiger charge is -2.28. The van der Waals surface area contributed by atoms with E-state index in [4.69, 9.17) is 4.74 Å². The lowest BCUT2D eigenvalue weighted by molar-refractivity contribution is -0.161. The number of aromatic nitrogens is 4. The number of nitrogens with one attached hydrogen (secondary N) is 1. The number of nitrogens with zero attached hydrogens (tertiary/aromatic N) is 3. The number of ether oxygens (including phenoxy) is 1.